The maximum atomic E-state index is 9.72. The van der Waals surface area contributed by atoms with Gasteiger partial charge in [0.15, 0.2) is 0 Å². The minimum Gasteiger partial charge on any atom is -0.508 e. The average Bonchev–Trinajstić information content (AvgIpc) is 2.62. The second-order valence-corrected chi connectivity index (χ2v) is 5.69. The monoisotopic (exact) mass is 330 g/mol. The van der Waals surface area contributed by atoms with Gasteiger partial charge in [-0.1, -0.05) is 0 Å². The van der Waals surface area contributed by atoms with E-state index >= 15 is 0 Å². The van der Waals surface area contributed by atoms with Crippen molar-refractivity contribution in [2.24, 2.45) is 0 Å². The van der Waals surface area contributed by atoms with Gasteiger partial charge in [0.25, 0.3) is 0 Å². The highest BCUT2D eigenvalue weighted by Crippen LogP contribution is 2.33. The first-order valence-corrected chi connectivity index (χ1v) is 7.70. The number of phenols is 3. The molecule has 0 aliphatic heterocycles. The first-order chi connectivity index (χ1) is 12.1. The van der Waals surface area contributed by atoms with Gasteiger partial charge in [0.05, 0.1) is 22.4 Å². The molecule has 0 fully saturated rings. The van der Waals surface area contributed by atoms with Crippen molar-refractivity contribution in [1.29, 1.82) is 0 Å². The van der Waals surface area contributed by atoms with Crippen LogP contribution in [-0.2, 0) is 0 Å². The van der Waals surface area contributed by atoms with E-state index in [1.165, 1.54) is 0 Å². The summed E-state index contributed by atoms with van der Waals surface area (Å²) in [7, 11) is 0. The Hall–Kier alpha value is -3.60. The molecule has 0 saturated carbocycles. The van der Waals surface area contributed by atoms with Crippen molar-refractivity contribution in [2.45, 2.75) is 0 Å². The Morgan fingerprint density at radius 2 is 0.920 bits per heavy atom. The fourth-order valence-corrected chi connectivity index (χ4v) is 2.68. The van der Waals surface area contributed by atoms with Gasteiger partial charge in [-0.15, -0.1) is 0 Å². The zero-order valence-electron chi connectivity index (χ0n) is 13.1. The summed E-state index contributed by atoms with van der Waals surface area (Å²) in [6.07, 6.45) is 0. The summed E-state index contributed by atoms with van der Waals surface area (Å²) in [5.41, 5.74) is 4.11. The standard InChI is InChI=1S/C20H14N2O3/c23-14-5-1-12(2-6-14)19-20(13-3-7-15(24)8-4-13)22-18-11-16(25)9-10-17(18)21-19/h1-11,23-25H. The molecule has 0 unspecified atom stereocenters. The lowest BCUT2D eigenvalue weighted by Gasteiger charge is -2.11. The van der Waals surface area contributed by atoms with Gasteiger partial charge in [0.1, 0.15) is 17.2 Å². The third kappa shape index (κ3) is 2.83. The number of rotatable bonds is 2. The fourth-order valence-electron chi connectivity index (χ4n) is 2.68. The average molecular weight is 330 g/mol. The summed E-state index contributed by atoms with van der Waals surface area (Å²) < 4.78 is 0. The Labute approximate surface area is 143 Å². The highest BCUT2D eigenvalue weighted by Gasteiger charge is 2.14. The molecule has 122 valence electrons. The molecule has 3 N–H and O–H groups in total. The molecule has 5 nitrogen and oxygen atoms in total. The van der Waals surface area contributed by atoms with Crippen molar-refractivity contribution in [3.8, 4) is 39.8 Å². The summed E-state index contributed by atoms with van der Waals surface area (Å²) in [5, 5.41) is 28.8. The van der Waals surface area contributed by atoms with E-state index in [1.54, 1.807) is 66.7 Å². The zero-order chi connectivity index (χ0) is 17.4. The number of benzene rings is 3. The van der Waals surface area contributed by atoms with Crippen LogP contribution in [0.25, 0.3) is 33.5 Å². The van der Waals surface area contributed by atoms with Crippen LogP contribution in [0.4, 0.5) is 0 Å². The van der Waals surface area contributed by atoms with Crippen molar-refractivity contribution < 1.29 is 15.3 Å². The molecule has 1 aromatic heterocycles. The van der Waals surface area contributed by atoms with E-state index in [2.05, 4.69) is 4.98 Å². The van der Waals surface area contributed by atoms with Crippen molar-refractivity contribution in [3.63, 3.8) is 0 Å². The second kappa shape index (κ2) is 5.79. The topological polar surface area (TPSA) is 86.5 Å². The van der Waals surface area contributed by atoms with Crippen LogP contribution in [0.2, 0.25) is 0 Å². The summed E-state index contributed by atoms with van der Waals surface area (Å²) in [5.74, 6) is 0.464. The third-order valence-corrected chi connectivity index (χ3v) is 3.93. The number of hydrogen-bond donors (Lipinski definition) is 3. The normalized spacial score (nSPS) is 10.9. The maximum Gasteiger partial charge on any atom is 0.117 e. The van der Waals surface area contributed by atoms with Crippen molar-refractivity contribution in [1.82, 2.24) is 9.97 Å². The predicted molar refractivity (Wildman–Crippen MR) is 95.4 cm³/mol. The van der Waals surface area contributed by atoms with E-state index < -0.39 is 0 Å². The molecule has 0 atom stereocenters. The predicted octanol–water partition coefficient (Wildman–Crippen LogP) is 4.08. The van der Waals surface area contributed by atoms with E-state index in [1.807, 2.05) is 0 Å². The number of hydrogen-bond acceptors (Lipinski definition) is 5. The van der Waals surface area contributed by atoms with Crippen LogP contribution in [-0.4, -0.2) is 25.3 Å². The maximum absolute atomic E-state index is 9.72. The Bertz CT molecular complexity index is 1060. The Morgan fingerprint density at radius 1 is 0.480 bits per heavy atom. The molecular weight excluding hydrogens is 316 g/mol. The van der Waals surface area contributed by atoms with Crippen molar-refractivity contribution in [3.05, 3.63) is 66.7 Å². The molecule has 0 spiro atoms. The van der Waals surface area contributed by atoms with Crippen LogP contribution in [0.5, 0.6) is 17.2 Å². The largest absolute Gasteiger partial charge is 0.508 e. The quantitative estimate of drug-likeness (QED) is 0.515. The smallest absolute Gasteiger partial charge is 0.117 e. The molecule has 1 heterocycles. The van der Waals surface area contributed by atoms with Gasteiger partial charge in [-0.25, -0.2) is 9.97 Å². The van der Waals surface area contributed by atoms with Crippen LogP contribution in [0.3, 0.4) is 0 Å². The van der Waals surface area contributed by atoms with Gasteiger partial charge in [-0.05, 0) is 60.7 Å². The van der Waals surface area contributed by atoms with Gasteiger partial charge in [0, 0.05) is 17.2 Å². The minimum atomic E-state index is 0.121. The molecule has 0 amide bonds. The molecule has 4 aromatic rings. The molecule has 0 radical (unpaired) electrons. The van der Waals surface area contributed by atoms with Crippen molar-refractivity contribution >= 4 is 11.0 Å². The molecule has 0 saturated heterocycles. The summed E-state index contributed by atoms with van der Waals surface area (Å²) in [6, 6.07) is 18.3. The molecule has 25 heavy (non-hydrogen) atoms. The second-order valence-electron chi connectivity index (χ2n) is 5.69. The fraction of sp³-hybridized carbons (Fsp3) is 0. The Balaban J connectivity index is 2.01. The lowest BCUT2D eigenvalue weighted by Crippen LogP contribution is -1.95. The van der Waals surface area contributed by atoms with Gasteiger partial charge in [-0.3, -0.25) is 0 Å². The lowest BCUT2D eigenvalue weighted by atomic mass is 10.0. The van der Waals surface area contributed by atoms with Crippen LogP contribution < -0.4 is 0 Å². The first-order valence-electron chi connectivity index (χ1n) is 7.70. The van der Waals surface area contributed by atoms with Gasteiger partial charge in [-0.2, -0.15) is 0 Å². The van der Waals surface area contributed by atoms with E-state index in [9.17, 15) is 15.3 Å². The van der Waals surface area contributed by atoms with Gasteiger partial charge >= 0.3 is 0 Å². The SMILES string of the molecule is Oc1ccc(-c2nc3ccc(O)cc3nc2-c2ccc(O)cc2)cc1. The summed E-state index contributed by atoms with van der Waals surface area (Å²) in [4.78, 5) is 9.37. The van der Waals surface area contributed by atoms with E-state index in [0.29, 0.717) is 22.4 Å². The van der Waals surface area contributed by atoms with Crippen LogP contribution in [0, 0.1) is 0 Å². The van der Waals surface area contributed by atoms with Crippen LogP contribution in [0.1, 0.15) is 0 Å². The molecule has 0 aliphatic carbocycles. The number of phenolic OH excluding ortho intramolecular Hbond substituents is 3. The van der Waals surface area contributed by atoms with E-state index in [4.69, 9.17) is 4.98 Å². The lowest BCUT2D eigenvalue weighted by molar-refractivity contribution is 0.475. The highest BCUT2D eigenvalue weighted by atomic mass is 16.3. The molecule has 0 aliphatic rings. The highest BCUT2D eigenvalue weighted by molar-refractivity contribution is 5.86. The molecule has 4 rings (SSSR count). The number of aromatic nitrogens is 2. The van der Waals surface area contributed by atoms with Crippen LogP contribution >= 0.6 is 0 Å². The molecule has 0 bridgehead atoms. The number of aromatic hydroxyl groups is 3. The third-order valence-electron chi connectivity index (χ3n) is 3.93. The first kappa shape index (κ1) is 15.0. The number of fused-ring (bicyclic) bond motifs is 1. The van der Waals surface area contributed by atoms with E-state index in [0.717, 1.165) is 11.1 Å². The zero-order valence-corrected chi connectivity index (χ0v) is 13.1. The van der Waals surface area contributed by atoms with Crippen LogP contribution in [0.15, 0.2) is 66.7 Å². The molecular formula is C20H14N2O3. The number of nitrogens with zero attached hydrogens (tertiary/aromatic N) is 2. The Kier molecular flexibility index (Phi) is 3.47. The summed E-state index contributed by atoms with van der Waals surface area (Å²) in [6.45, 7) is 0. The van der Waals surface area contributed by atoms with Crippen molar-refractivity contribution in [2.75, 3.05) is 0 Å². The molecule has 3 aromatic carbocycles. The minimum absolute atomic E-state index is 0.121. The van der Waals surface area contributed by atoms with Gasteiger partial charge < -0.3 is 15.3 Å². The summed E-state index contributed by atoms with van der Waals surface area (Å²) >= 11 is 0. The Morgan fingerprint density at radius 3 is 1.44 bits per heavy atom. The molecule has 5 heteroatoms. The van der Waals surface area contributed by atoms with Gasteiger partial charge in [0.2, 0.25) is 0 Å². The van der Waals surface area contributed by atoms with E-state index in [-0.39, 0.29) is 17.2 Å².